The van der Waals surface area contributed by atoms with Crippen LogP contribution in [0.3, 0.4) is 0 Å². The topological polar surface area (TPSA) is 86.6 Å². The van der Waals surface area contributed by atoms with Gasteiger partial charge in [-0.15, -0.1) is 0 Å². The summed E-state index contributed by atoms with van der Waals surface area (Å²) < 4.78 is 29.7. The lowest BCUT2D eigenvalue weighted by molar-refractivity contribution is -0.309. The van der Waals surface area contributed by atoms with Crippen molar-refractivity contribution >= 4 is 0 Å². The molecular formula is C34H36O7. The second kappa shape index (κ2) is 13.4. The Morgan fingerprint density at radius 3 is 1.66 bits per heavy atom. The maximum absolute atomic E-state index is 11.2. The highest BCUT2D eigenvalue weighted by atomic mass is 16.7. The van der Waals surface area contributed by atoms with Crippen LogP contribution in [0.5, 0.6) is 5.75 Å². The standard InChI is InChI=1S/C34H36O7/c1-37-28-20-18-24(19-21-28)22-39-32-31(36)30(35)29(41-33(32)38-2)23-40-34(25-12-6-3-7-13-25,26-14-8-4-9-15-26)27-16-10-5-11-17-27/h3-21,29-33,35-36H,22-23H2,1-2H3/t29?,30-,31?,32?,33+/m1/s1. The SMILES string of the molecule is COc1ccc(COC2C(O)[C@H](O)C(COC(c3ccccc3)(c3ccccc3)c3ccccc3)O[C@@H]2OC)cc1. The molecule has 7 heteroatoms. The molecule has 1 aliphatic rings. The normalized spacial score (nSPS) is 22.8. The minimum absolute atomic E-state index is 0.0258. The first-order valence-corrected chi connectivity index (χ1v) is 13.7. The molecule has 1 fully saturated rings. The average Bonchev–Trinajstić information content (AvgIpc) is 3.04. The van der Waals surface area contributed by atoms with Crippen molar-refractivity contribution in [3.8, 4) is 5.75 Å². The molecule has 0 aromatic heterocycles. The molecule has 0 bridgehead atoms. The second-order valence-electron chi connectivity index (χ2n) is 9.97. The smallest absolute Gasteiger partial charge is 0.186 e. The van der Waals surface area contributed by atoms with Crippen molar-refractivity contribution in [3.05, 3.63) is 138 Å². The minimum atomic E-state index is -1.28. The predicted octanol–water partition coefficient (Wildman–Crippen LogP) is 4.68. The molecule has 0 radical (unpaired) electrons. The number of aliphatic hydroxyl groups excluding tert-OH is 2. The van der Waals surface area contributed by atoms with Gasteiger partial charge in [0.15, 0.2) is 6.29 Å². The molecule has 1 saturated heterocycles. The Bertz CT molecular complexity index is 1230. The fraction of sp³-hybridized carbons (Fsp3) is 0.294. The third kappa shape index (κ3) is 6.21. The summed E-state index contributed by atoms with van der Waals surface area (Å²) in [5.41, 5.74) is 2.65. The van der Waals surface area contributed by atoms with Gasteiger partial charge < -0.3 is 33.9 Å². The van der Waals surface area contributed by atoms with Crippen molar-refractivity contribution in [2.24, 2.45) is 0 Å². The summed E-state index contributed by atoms with van der Waals surface area (Å²) in [5.74, 6) is 0.736. The number of ether oxygens (including phenoxy) is 5. The van der Waals surface area contributed by atoms with E-state index in [4.69, 9.17) is 23.7 Å². The van der Waals surface area contributed by atoms with Crippen LogP contribution in [-0.2, 0) is 31.2 Å². The van der Waals surface area contributed by atoms with Crippen molar-refractivity contribution in [1.29, 1.82) is 0 Å². The molecule has 0 spiro atoms. The Morgan fingerprint density at radius 2 is 1.20 bits per heavy atom. The molecule has 1 aliphatic heterocycles. The van der Waals surface area contributed by atoms with Crippen LogP contribution in [0, 0.1) is 0 Å². The van der Waals surface area contributed by atoms with Gasteiger partial charge in [0.1, 0.15) is 35.8 Å². The van der Waals surface area contributed by atoms with E-state index in [1.807, 2.05) is 115 Å². The van der Waals surface area contributed by atoms with Gasteiger partial charge in [0.25, 0.3) is 0 Å². The lowest BCUT2D eigenvalue weighted by Crippen LogP contribution is -2.60. The van der Waals surface area contributed by atoms with Gasteiger partial charge in [-0.1, -0.05) is 103 Å². The van der Waals surface area contributed by atoms with E-state index in [0.29, 0.717) is 0 Å². The lowest BCUT2D eigenvalue weighted by atomic mass is 9.80. The van der Waals surface area contributed by atoms with Crippen LogP contribution in [0.15, 0.2) is 115 Å². The van der Waals surface area contributed by atoms with E-state index in [1.165, 1.54) is 7.11 Å². The monoisotopic (exact) mass is 556 g/mol. The zero-order valence-corrected chi connectivity index (χ0v) is 23.2. The summed E-state index contributed by atoms with van der Waals surface area (Å²) in [6.07, 6.45) is -5.25. The number of aliphatic hydroxyl groups is 2. The van der Waals surface area contributed by atoms with Crippen LogP contribution in [0.4, 0.5) is 0 Å². The Hall–Kier alpha value is -3.56. The summed E-state index contributed by atoms with van der Waals surface area (Å²) in [4.78, 5) is 0. The molecule has 2 N–H and O–H groups in total. The number of hydrogen-bond donors (Lipinski definition) is 2. The zero-order valence-electron chi connectivity index (χ0n) is 23.2. The first-order chi connectivity index (χ1) is 20.1. The molecule has 5 rings (SSSR count). The molecule has 4 aromatic rings. The Kier molecular flexibility index (Phi) is 9.46. The first kappa shape index (κ1) is 29.0. The molecule has 4 aromatic carbocycles. The fourth-order valence-electron chi connectivity index (χ4n) is 5.30. The number of hydrogen-bond acceptors (Lipinski definition) is 7. The Balaban J connectivity index is 1.39. The predicted molar refractivity (Wildman–Crippen MR) is 154 cm³/mol. The van der Waals surface area contributed by atoms with E-state index in [1.54, 1.807) is 7.11 Å². The van der Waals surface area contributed by atoms with Gasteiger partial charge in [-0.3, -0.25) is 0 Å². The van der Waals surface area contributed by atoms with E-state index in [0.717, 1.165) is 28.0 Å². The summed E-state index contributed by atoms with van der Waals surface area (Å²) in [6, 6.07) is 37.3. The van der Waals surface area contributed by atoms with Gasteiger partial charge in [0.2, 0.25) is 0 Å². The molecular weight excluding hydrogens is 520 g/mol. The van der Waals surface area contributed by atoms with Gasteiger partial charge in [-0.25, -0.2) is 0 Å². The Labute approximate surface area is 240 Å². The van der Waals surface area contributed by atoms with Crippen LogP contribution in [0.25, 0.3) is 0 Å². The molecule has 41 heavy (non-hydrogen) atoms. The van der Waals surface area contributed by atoms with Crippen molar-refractivity contribution in [2.45, 2.75) is 42.9 Å². The van der Waals surface area contributed by atoms with Crippen molar-refractivity contribution in [3.63, 3.8) is 0 Å². The summed E-state index contributed by atoms with van der Waals surface area (Å²) in [5, 5.41) is 22.3. The summed E-state index contributed by atoms with van der Waals surface area (Å²) in [7, 11) is 3.09. The number of methoxy groups -OCH3 is 2. The molecule has 214 valence electrons. The molecule has 1 heterocycles. The molecule has 0 aliphatic carbocycles. The first-order valence-electron chi connectivity index (χ1n) is 13.7. The van der Waals surface area contributed by atoms with Crippen LogP contribution in [0.2, 0.25) is 0 Å². The quantitative estimate of drug-likeness (QED) is 0.260. The minimum Gasteiger partial charge on any atom is -0.497 e. The Morgan fingerprint density at radius 1 is 0.683 bits per heavy atom. The van der Waals surface area contributed by atoms with Crippen LogP contribution in [0.1, 0.15) is 22.3 Å². The van der Waals surface area contributed by atoms with E-state index in [-0.39, 0.29) is 13.2 Å². The highest BCUT2D eigenvalue weighted by molar-refractivity contribution is 5.47. The average molecular weight is 557 g/mol. The van der Waals surface area contributed by atoms with E-state index in [9.17, 15) is 10.2 Å². The van der Waals surface area contributed by atoms with Crippen LogP contribution < -0.4 is 4.74 Å². The van der Waals surface area contributed by atoms with Crippen molar-refractivity contribution in [2.75, 3.05) is 20.8 Å². The van der Waals surface area contributed by atoms with Crippen LogP contribution in [-0.4, -0.2) is 61.7 Å². The third-order valence-corrected chi connectivity index (χ3v) is 7.48. The van der Waals surface area contributed by atoms with Crippen molar-refractivity contribution in [1.82, 2.24) is 0 Å². The van der Waals surface area contributed by atoms with E-state index < -0.39 is 36.3 Å². The second-order valence-corrected chi connectivity index (χ2v) is 9.97. The van der Waals surface area contributed by atoms with Gasteiger partial charge in [-0.05, 0) is 34.4 Å². The molecule has 7 nitrogen and oxygen atoms in total. The third-order valence-electron chi connectivity index (χ3n) is 7.48. The maximum Gasteiger partial charge on any atom is 0.186 e. The maximum atomic E-state index is 11.2. The van der Waals surface area contributed by atoms with Gasteiger partial charge in [0, 0.05) is 7.11 Å². The van der Waals surface area contributed by atoms with Crippen LogP contribution >= 0.6 is 0 Å². The molecule has 5 atom stereocenters. The highest BCUT2D eigenvalue weighted by Crippen LogP contribution is 2.41. The lowest BCUT2D eigenvalue weighted by Gasteiger charge is -2.43. The molecule has 0 saturated carbocycles. The number of rotatable bonds is 11. The molecule has 3 unspecified atom stereocenters. The highest BCUT2D eigenvalue weighted by Gasteiger charge is 2.47. The molecule has 0 amide bonds. The van der Waals surface area contributed by atoms with E-state index in [2.05, 4.69) is 0 Å². The zero-order chi connectivity index (χ0) is 28.7. The number of benzene rings is 4. The van der Waals surface area contributed by atoms with Gasteiger partial charge >= 0.3 is 0 Å². The summed E-state index contributed by atoms with van der Waals surface area (Å²) in [6.45, 7) is 0.171. The van der Waals surface area contributed by atoms with E-state index >= 15 is 0 Å². The summed E-state index contributed by atoms with van der Waals surface area (Å²) >= 11 is 0. The van der Waals surface area contributed by atoms with Gasteiger partial charge in [0.05, 0.1) is 20.3 Å². The fourth-order valence-corrected chi connectivity index (χ4v) is 5.30. The van der Waals surface area contributed by atoms with Gasteiger partial charge in [-0.2, -0.15) is 0 Å². The largest absolute Gasteiger partial charge is 0.497 e. The van der Waals surface area contributed by atoms with Crippen molar-refractivity contribution < 1.29 is 33.9 Å².